The van der Waals surface area contributed by atoms with Crippen molar-refractivity contribution in [2.45, 2.75) is 45.7 Å². The summed E-state index contributed by atoms with van der Waals surface area (Å²) in [6.07, 6.45) is 2.61. The highest BCUT2D eigenvalue weighted by Gasteiger charge is 2.30. The van der Waals surface area contributed by atoms with Crippen molar-refractivity contribution in [2.24, 2.45) is 5.92 Å². The van der Waals surface area contributed by atoms with Gasteiger partial charge in [-0.3, -0.25) is 4.90 Å². The predicted molar refractivity (Wildman–Crippen MR) is 88.8 cm³/mol. The van der Waals surface area contributed by atoms with Crippen molar-refractivity contribution < 1.29 is 4.74 Å². The van der Waals surface area contributed by atoms with Crippen LogP contribution in [0.2, 0.25) is 0 Å². The molecule has 0 aromatic heterocycles. The number of piperidine rings is 1. The van der Waals surface area contributed by atoms with Crippen LogP contribution in [-0.4, -0.2) is 37.7 Å². The Morgan fingerprint density at radius 3 is 2.62 bits per heavy atom. The third kappa shape index (κ3) is 4.45. The largest absolute Gasteiger partial charge is 0.494 e. The van der Waals surface area contributed by atoms with Gasteiger partial charge in [-0.25, -0.2) is 0 Å². The zero-order chi connectivity index (χ0) is 15.2. The van der Waals surface area contributed by atoms with Gasteiger partial charge >= 0.3 is 0 Å². The molecule has 0 radical (unpaired) electrons. The van der Waals surface area contributed by atoms with Crippen LogP contribution in [0.4, 0.5) is 0 Å². The Balaban J connectivity index is 2.11. The normalized spacial score (nSPS) is 23.5. The Labute approximate surface area is 129 Å². The average molecular weight is 290 g/mol. The molecule has 1 saturated heterocycles. The summed E-state index contributed by atoms with van der Waals surface area (Å²) in [5.41, 5.74) is 1.41. The summed E-state index contributed by atoms with van der Waals surface area (Å²) in [6, 6.07) is 9.75. The van der Waals surface area contributed by atoms with E-state index in [1.54, 1.807) is 0 Å². The molecule has 3 nitrogen and oxygen atoms in total. The van der Waals surface area contributed by atoms with Crippen LogP contribution in [0.5, 0.6) is 5.75 Å². The van der Waals surface area contributed by atoms with Gasteiger partial charge in [-0.1, -0.05) is 26.0 Å². The SMILES string of the molecule is CCOc1ccc(C2C(CNC(C)C)CCCN2C)cc1. The van der Waals surface area contributed by atoms with Crippen molar-refractivity contribution >= 4 is 0 Å². The topological polar surface area (TPSA) is 24.5 Å². The van der Waals surface area contributed by atoms with E-state index in [1.807, 2.05) is 6.92 Å². The van der Waals surface area contributed by atoms with Crippen LogP contribution in [-0.2, 0) is 0 Å². The van der Waals surface area contributed by atoms with E-state index in [-0.39, 0.29) is 0 Å². The third-order valence-electron chi connectivity index (χ3n) is 4.33. The van der Waals surface area contributed by atoms with Crippen LogP contribution in [0.25, 0.3) is 0 Å². The Morgan fingerprint density at radius 2 is 2.00 bits per heavy atom. The molecule has 1 fully saturated rings. The second-order valence-electron chi connectivity index (χ2n) is 6.39. The predicted octanol–water partition coefficient (Wildman–Crippen LogP) is 3.47. The van der Waals surface area contributed by atoms with Crippen molar-refractivity contribution in [2.75, 3.05) is 26.7 Å². The number of ether oxygens (including phenoxy) is 1. The van der Waals surface area contributed by atoms with Crippen molar-refractivity contribution in [3.05, 3.63) is 29.8 Å². The highest BCUT2D eigenvalue weighted by atomic mass is 16.5. The summed E-state index contributed by atoms with van der Waals surface area (Å²) in [4.78, 5) is 2.51. The fourth-order valence-corrected chi connectivity index (χ4v) is 3.32. The molecule has 2 unspecified atom stereocenters. The van der Waals surface area contributed by atoms with Gasteiger partial charge in [0.15, 0.2) is 0 Å². The average Bonchev–Trinajstić information content (AvgIpc) is 2.46. The van der Waals surface area contributed by atoms with Crippen molar-refractivity contribution in [3.8, 4) is 5.75 Å². The van der Waals surface area contributed by atoms with Crippen LogP contribution in [0.1, 0.15) is 45.2 Å². The highest BCUT2D eigenvalue weighted by molar-refractivity contribution is 5.30. The minimum atomic E-state index is 0.515. The first-order chi connectivity index (χ1) is 10.1. The Morgan fingerprint density at radius 1 is 1.29 bits per heavy atom. The molecule has 0 aliphatic carbocycles. The molecular formula is C18H30N2O. The summed E-state index contributed by atoms with van der Waals surface area (Å²) in [5.74, 6) is 1.65. The van der Waals surface area contributed by atoms with Gasteiger partial charge in [0.1, 0.15) is 5.75 Å². The van der Waals surface area contributed by atoms with Crippen LogP contribution in [0, 0.1) is 5.92 Å². The number of nitrogens with one attached hydrogen (secondary N) is 1. The summed E-state index contributed by atoms with van der Waals surface area (Å²) in [6.45, 7) is 9.48. The molecule has 0 spiro atoms. The molecule has 1 aliphatic heterocycles. The summed E-state index contributed by atoms with van der Waals surface area (Å²) in [5, 5.41) is 3.62. The molecule has 1 heterocycles. The Hall–Kier alpha value is -1.06. The molecule has 2 rings (SSSR count). The van der Waals surface area contributed by atoms with Gasteiger partial charge < -0.3 is 10.1 Å². The van der Waals surface area contributed by atoms with Gasteiger partial charge in [0, 0.05) is 18.6 Å². The zero-order valence-electron chi connectivity index (χ0n) is 13.9. The van der Waals surface area contributed by atoms with E-state index in [2.05, 4.69) is 55.4 Å². The third-order valence-corrected chi connectivity index (χ3v) is 4.33. The van der Waals surface area contributed by atoms with Crippen LogP contribution in [0.15, 0.2) is 24.3 Å². The lowest BCUT2D eigenvalue weighted by molar-refractivity contribution is 0.118. The zero-order valence-corrected chi connectivity index (χ0v) is 13.9. The smallest absolute Gasteiger partial charge is 0.119 e. The van der Waals surface area contributed by atoms with Crippen molar-refractivity contribution in [1.82, 2.24) is 10.2 Å². The molecule has 0 saturated carbocycles. The molecule has 2 atom stereocenters. The van der Waals surface area contributed by atoms with Gasteiger partial charge in [0.2, 0.25) is 0 Å². The molecule has 0 amide bonds. The molecule has 0 bridgehead atoms. The van der Waals surface area contributed by atoms with Gasteiger partial charge in [-0.15, -0.1) is 0 Å². The lowest BCUT2D eigenvalue weighted by Crippen LogP contribution is -2.41. The van der Waals surface area contributed by atoms with E-state index in [4.69, 9.17) is 4.74 Å². The number of nitrogens with zero attached hydrogens (tertiary/aromatic N) is 1. The minimum Gasteiger partial charge on any atom is -0.494 e. The maximum atomic E-state index is 5.55. The maximum absolute atomic E-state index is 5.55. The number of benzene rings is 1. The molecule has 118 valence electrons. The Kier molecular flexibility index (Phi) is 6.07. The van der Waals surface area contributed by atoms with Gasteiger partial charge in [0.25, 0.3) is 0 Å². The van der Waals surface area contributed by atoms with E-state index >= 15 is 0 Å². The van der Waals surface area contributed by atoms with Gasteiger partial charge in [0.05, 0.1) is 6.61 Å². The first-order valence-electron chi connectivity index (χ1n) is 8.28. The lowest BCUT2D eigenvalue weighted by Gasteiger charge is -2.40. The molecule has 1 aromatic rings. The fourth-order valence-electron chi connectivity index (χ4n) is 3.32. The Bertz CT molecular complexity index is 416. The van der Waals surface area contributed by atoms with Crippen molar-refractivity contribution in [1.29, 1.82) is 0 Å². The van der Waals surface area contributed by atoms with Crippen LogP contribution < -0.4 is 10.1 Å². The summed E-state index contributed by atoms with van der Waals surface area (Å²) in [7, 11) is 2.25. The van der Waals surface area contributed by atoms with Crippen molar-refractivity contribution in [3.63, 3.8) is 0 Å². The number of rotatable bonds is 6. The van der Waals surface area contributed by atoms with Gasteiger partial charge in [-0.2, -0.15) is 0 Å². The van der Waals surface area contributed by atoms with Crippen LogP contribution >= 0.6 is 0 Å². The van der Waals surface area contributed by atoms with E-state index in [9.17, 15) is 0 Å². The summed E-state index contributed by atoms with van der Waals surface area (Å²) < 4.78 is 5.55. The molecule has 1 N–H and O–H groups in total. The first-order valence-corrected chi connectivity index (χ1v) is 8.28. The molecule has 1 aliphatic rings. The standard InChI is InChI=1S/C18H30N2O/c1-5-21-17-10-8-15(9-11-17)18-16(13-19-14(2)3)7-6-12-20(18)4/h8-11,14,16,18-19H,5-7,12-13H2,1-4H3. The van der Waals surface area contributed by atoms with Crippen LogP contribution in [0.3, 0.4) is 0 Å². The number of hydrogen-bond donors (Lipinski definition) is 1. The van der Waals surface area contributed by atoms with E-state index in [0.717, 1.165) is 18.9 Å². The van der Waals surface area contributed by atoms with E-state index in [1.165, 1.54) is 24.9 Å². The lowest BCUT2D eigenvalue weighted by atomic mass is 9.84. The quantitative estimate of drug-likeness (QED) is 0.868. The first kappa shape index (κ1) is 16.3. The molecule has 21 heavy (non-hydrogen) atoms. The van der Waals surface area contributed by atoms with E-state index in [0.29, 0.717) is 18.0 Å². The second-order valence-corrected chi connectivity index (χ2v) is 6.39. The summed E-state index contributed by atoms with van der Waals surface area (Å²) >= 11 is 0. The molecule has 1 aromatic carbocycles. The monoisotopic (exact) mass is 290 g/mol. The fraction of sp³-hybridized carbons (Fsp3) is 0.667. The number of hydrogen-bond acceptors (Lipinski definition) is 3. The number of likely N-dealkylation sites (tertiary alicyclic amines) is 1. The highest BCUT2D eigenvalue weighted by Crippen LogP contribution is 2.35. The second kappa shape index (κ2) is 7.81. The molecule has 3 heteroatoms. The van der Waals surface area contributed by atoms with E-state index < -0.39 is 0 Å². The maximum Gasteiger partial charge on any atom is 0.119 e. The minimum absolute atomic E-state index is 0.515. The van der Waals surface area contributed by atoms with Gasteiger partial charge in [-0.05, 0) is 57.0 Å². The molecular weight excluding hydrogens is 260 g/mol.